The van der Waals surface area contributed by atoms with Crippen molar-refractivity contribution in [3.63, 3.8) is 0 Å². The van der Waals surface area contributed by atoms with Crippen LogP contribution >= 0.6 is 0 Å². The summed E-state index contributed by atoms with van der Waals surface area (Å²) in [5.41, 5.74) is 1.98. The van der Waals surface area contributed by atoms with E-state index >= 15 is 0 Å². The topological polar surface area (TPSA) is 111 Å². The zero-order chi connectivity index (χ0) is 28.3. The van der Waals surface area contributed by atoms with Crippen molar-refractivity contribution in [1.29, 1.82) is 0 Å². The lowest BCUT2D eigenvalue weighted by atomic mass is 10.1. The number of hydrogen-bond acceptors (Lipinski definition) is 7. The van der Waals surface area contributed by atoms with Crippen LogP contribution in [0.2, 0.25) is 0 Å². The highest BCUT2D eigenvalue weighted by atomic mass is 32.2. The molecule has 0 amide bonds. The predicted molar refractivity (Wildman–Crippen MR) is 162 cm³/mol. The van der Waals surface area contributed by atoms with Gasteiger partial charge in [-0.2, -0.15) is 0 Å². The molecule has 1 heterocycles. The molecule has 0 bridgehead atoms. The third kappa shape index (κ3) is 5.86. The number of sulfonamides is 2. The molecule has 40 heavy (non-hydrogen) atoms. The molecule has 0 atom stereocenters. The second kappa shape index (κ2) is 11.4. The van der Waals surface area contributed by atoms with Crippen molar-refractivity contribution in [2.24, 2.45) is 0 Å². The average Bonchev–Trinajstić information content (AvgIpc) is 3.23. The Morgan fingerprint density at radius 1 is 0.725 bits per heavy atom. The van der Waals surface area contributed by atoms with Gasteiger partial charge < -0.3 is 15.1 Å². The molecule has 9 nitrogen and oxygen atoms in total. The lowest BCUT2D eigenvalue weighted by Gasteiger charge is -2.24. The zero-order valence-corrected chi connectivity index (χ0v) is 24.1. The van der Waals surface area contributed by atoms with Gasteiger partial charge in [0, 0.05) is 55.9 Å². The van der Waals surface area contributed by atoms with Gasteiger partial charge in [-0.1, -0.05) is 42.5 Å². The van der Waals surface area contributed by atoms with E-state index in [1.807, 2.05) is 43.3 Å². The van der Waals surface area contributed by atoms with Gasteiger partial charge in [0.25, 0.3) is 20.0 Å². The molecule has 0 aromatic heterocycles. The Morgan fingerprint density at radius 2 is 1.45 bits per heavy atom. The molecule has 0 saturated carbocycles. The number of rotatable bonds is 8. The molecule has 3 N–H and O–H groups in total. The van der Waals surface area contributed by atoms with Crippen LogP contribution in [-0.4, -0.2) is 57.1 Å². The van der Waals surface area contributed by atoms with Crippen LogP contribution in [0.5, 0.6) is 0 Å². The van der Waals surface area contributed by atoms with Crippen LogP contribution in [0.15, 0.2) is 94.7 Å². The first-order valence-electron chi connectivity index (χ1n) is 13.1. The van der Waals surface area contributed by atoms with Gasteiger partial charge in [-0.05, 0) is 55.4 Å². The molecule has 0 radical (unpaired) electrons. The van der Waals surface area contributed by atoms with Crippen molar-refractivity contribution >= 4 is 53.6 Å². The highest BCUT2D eigenvalue weighted by Gasteiger charge is 2.23. The van der Waals surface area contributed by atoms with E-state index < -0.39 is 20.0 Å². The van der Waals surface area contributed by atoms with Crippen molar-refractivity contribution in [2.45, 2.75) is 16.2 Å². The number of hydrogen-bond donors (Lipinski definition) is 3. The molecule has 1 aliphatic heterocycles. The van der Waals surface area contributed by atoms with Crippen LogP contribution in [0.4, 0.5) is 22.7 Å². The van der Waals surface area contributed by atoms with Crippen LogP contribution in [0.3, 0.4) is 0 Å². The Morgan fingerprint density at radius 3 is 2.23 bits per heavy atom. The summed E-state index contributed by atoms with van der Waals surface area (Å²) in [6.07, 6.45) is 0.940. The third-order valence-corrected chi connectivity index (χ3v) is 9.69. The van der Waals surface area contributed by atoms with Crippen LogP contribution in [0.25, 0.3) is 10.8 Å². The highest BCUT2D eigenvalue weighted by Crippen LogP contribution is 2.35. The van der Waals surface area contributed by atoms with Crippen molar-refractivity contribution in [3.8, 4) is 0 Å². The van der Waals surface area contributed by atoms with E-state index in [0.717, 1.165) is 49.4 Å². The lowest BCUT2D eigenvalue weighted by molar-refractivity contribution is 0.599. The first-order chi connectivity index (χ1) is 19.2. The minimum absolute atomic E-state index is 0.0819. The Labute approximate surface area is 235 Å². The van der Waals surface area contributed by atoms with Gasteiger partial charge in [0.15, 0.2) is 0 Å². The first kappa shape index (κ1) is 27.8. The maximum absolute atomic E-state index is 13.8. The van der Waals surface area contributed by atoms with Crippen molar-refractivity contribution in [3.05, 3.63) is 84.9 Å². The minimum Gasteiger partial charge on any atom is -0.377 e. The molecule has 210 valence electrons. The molecule has 1 fully saturated rings. The monoisotopic (exact) mass is 579 g/mol. The van der Waals surface area contributed by atoms with Gasteiger partial charge in [-0.3, -0.25) is 9.44 Å². The van der Waals surface area contributed by atoms with Crippen LogP contribution in [0, 0.1) is 0 Å². The Hall–Kier alpha value is -3.80. The van der Waals surface area contributed by atoms with Gasteiger partial charge in [-0.25, -0.2) is 16.8 Å². The number of anilines is 4. The molecule has 0 spiro atoms. The normalized spacial score (nSPS) is 14.5. The van der Waals surface area contributed by atoms with Crippen LogP contribution in [0.1, 0.15) is 6.42 Å². The summed E-state index contributed by atoms with van der Waals surface area (Å²) in [5.74, 6) is 0. The molecule has 0 unspecified atom stereocenters. The fourth-order valence-corrected chi connectivity index (χ4v) is 7.29. The second-order valence-electron chi connectivity index (χ2n) is 9.87. The fourth-order valence-electron chi connectivity index (χ4n) is 4.90. The summed E-state index contributed by atoms with van der Waals surface area (Å²) in [4.78, 5) is 4.28. The number of fused-ring (bicyclic) bond motifs is 1. The van der Waals surface area contributed by atoms with E-state index in [-0.39, 0.29) is 21.2 Å². The van der Waals surface area contributed by atoms with E-state index in [1.54, 1.807) is 48.5 Å². The minimum atomic E-state index is -4.10. The van der Waals surface area contributed by atoms with Crippen molar-refractivity contribution in [2.75, 3.05) is 59.5 Å². The Bertz CT molecular complexity index is 1720. The van der Waals surface area contributed by atoms with E-state index in [1.165, 1.54) is 12.1 Å². The molecule has 4 aromatic carbocycles. The van der Waals surface area contributed by atoms with Gasteiger partial charge in [-0.15, -0.1) is 0 Å². The third-order valence-electron chi connectivity index (χ3n) is 6.88. The molecule has 4 aromatic rings. The molecule has 11 heteroatoms. The quantitative estimate of drug-likeness (QED) is 0.285. The van der Waals surface area contributed by atoms with Gasteiger partial charge >= 0.3 is 0 Å². The van der Waals surface area contributed by atoms with E-state index in [0.29, 0.717) is 5.39 Å². The maximum atomic E-state index is 13.8. The van der Waals surface area contributed by atoms with E-state index in [2.05, 4.69) is 19.7 Å². The van der Waals surface area contributed by atoms with Crippen LogP contribution < -0.4 is 24.6 Å². The second-order valence-corrected chi connectivity index (χ2v) is 13.2. The van der Waals surface area contributed by atoms with Crippen LogP contribution in [-0.2, 0) is 20.0 Å². The number of benzene rings is 4. The standard InChI is InChI=1S/C29H33N5O4S2/c1-33(2)28-13-6-12-25-24(28)11-7-14-29(25)40(37,38)31-26-16-15-22(34-19-8-17-30-18-20-34)21-27(26)32-39(35,36)23-9-4-3-5-10-23/h3-7,9-16,21,30-32H,8,17-20H2,1-2H3. The Kier molecular flexibility index (Phi) is 7.88. The van der Waals surface area contributed by atoms with Gasteiger partial charge in [0.2, 0.25) is 0 Å². The number of nitrogens with one attached hydrogen (secondary N) is 3. The summed E-state index contributed by atoms with van der Waals surface area (Å²) in [6, 6.07) is 23.8. The summed E-state index contributed by atoms with van der Waals surface area (Å²) in [7, 11) is -4.27. The van der Waals surface area contributed by atoms with Gasteiger partial charge in [0.05, 0.1) is 21.2 Å². The molecule has 0 aliphatic carbocycles. The fraction of sp³-hybridized carbons (Fsp3) is 0.241. The van der Waals surface area contributed by atoms with E-state index in [9.17, 15) is 16.8 Å². The van der Waals surface area contributed by atoms with E-state index in [4.69, 9.17) is 0 Å². The molecular formula is C29H33N5O4S2. The summed E-state index contributed by atoms with van der Waals surface area (Å²) in [5, 5.41) is 4.73. The molecular weight excluding hydrogens is 546 g/mol. The summed E-state index contributed by atoms with van der Waals surface area (Å²) < 4.78 is 59.5. The number of nitrogens with zero attached hydrogens (tertiary/aromatic N) is 2. The van der Waals surface area contributed by atoms with Gasteiger partial charge in [0.1, 0.15) is 0 Å². The summed E-state index contributed by atoms with van der Waals surface area (Å²) in [6.45, 7) is 3.26. The smallest absolute Gasteiger partial charge is 0.262 e. The highest BCUT2D eigenvalue weighted by molar-refractivity contribution is 7.93. The lowest BCUT2D eigenvalue weighted by Crippen LogP contribution is -2.28. The SMILES string of the molecule is CN(C)c1cccc2c(S(=O)(=O)Nc3ccc(N4CCCNCC4)cc3NS(=O)(=O)c3ccccc3)cccc12. The first-order valence-corrected chi connectivity index (χ1v) is 16.0. The largest absolute Gasteiger partial charge is 0.377 e. The molecule has 5 rings (SSSR count). The molecule has 1 saturated heterocycles. The van der Waals surface area contributed by atoms with Crippen molar-refractivity contribution in [1.82, 2.24) is 5.32 Å². The summed E-state index contributed by atoms with van der Waals surface area (Å²) >= 11 is 0. The average molecular weight is 580 g/mol. The van der Waals surface area contributed by atoms with Crippen molar-refractivity contribution < 1.29 is 16.8 Å². The Balaban J connectivity index is 1.57. The zero-order valence-electron chi connectivity index (χ0n) is 22.5. The predicted octanol–water partition coefficient (Wildman–Crippen LogP) is 4.31. The maximum Gasteiger partial charge on any atom is 0.262 e. The molecule has 1 aliphatic rings.